The number of nitrogens with one attached hydrogen (secondary N) is 4. The van der Waals surface area contributed by atoms with Crippen molar-refractivity contribution >= 4 is 40.7 Å². The molecule has 2 aliphatic heterocycles. The molecule has 11 nitrogen and oxygen atoms in total. The summed E-state index contributed by atoms with van der Waals surface area (Å²) in [5.41, 5.74) is 6.29. The molecule has 51 heavy (non-hydrogen) atoms. The molecule has 3 aromatic heterocycles. The van der Waals surface area contributed by atoms with Gasteiger partial charge in [0.1, 0.15) is 11.4 Å². The number of carbonyl (C=O) groups is 2. The summed E-state index contributed by atoms with van der Waals surface area (Å²) in [6.45, 7) is 2.09. The molecule has 0 saturated carbocycles. The van der Waals surface area contributed by atoms with Crippen LogP contribution in [-0.4, -0.2) is 58.5 Å². The number of carbonyl (C=O) groups excluding carboxylic acids is 2. The number of pyridine rings is 2. The van der Waals surface area contributed by atoms with Gasteiger partial charge in [0.2, 0.25) is 11.8 Å². The standard InChI is InChI=1S/C38H37Cl2N7O4/c1-51-32-14-23(17-43-31(32)21-42-20-26-9-11-35(49)46-26)28-5-3-7-30(37(28)40)29-6-2-4-27(36(29)39)22-12-13-47-33(15-22)44-18-24(38(47)50)16-41-19-25-8-10-34(48)45-25/h2-7,12-15,17-18,25-26,41-42H,8-11,16,19-21H2,1H3,(H,45,48)(H,46,49). The molecule has 0 aliphatic carbocycles. The minimum atomic E-state index is -0.160. The van der Waals surface area contributed by atoms with E-state index in [-0.39, 0.29) is 29.5 Å². The van der Waals surface area contributed by atoms with Crippen molar-refractivity contribution in [3.8, 4) is 39.1 Å². The molecular formula is C38H37Cl2N7O4. The van der Waals surface area contributed by atoms with E-state index in [0.717, 1.165) is 51.9 Å². The summed E-state index contributed by atoms with van der Waals surface area (Å²) in [5.74, 6) is 0.778. The number of hydrogen-bond donors (Lipinski definition) is 4. The number of aromatic nitrogens is 3. The number of halogens is 2. The van der Waals surface area contributed by atoms with Crippen LogP contribution >= 0.6 is 23.2 Å². The lowest BCUT2D eigenvalue weighted by molar-refractivity contribution is -0.120. The van der Waals surface area contributed by atoms with E-state index in [1.165, 1.54) is 4.40 Å². The molecule has 2 saturated heterocycles. The predicted octanol–water partition coefficient (Wildman–Crippen LogP) is 5.14. The smallest absolute Gasteiger partial charge is 0.262 e. The van der Waals surface area contributed by atoms with Gasteiger partial charge in [-0.05, 0) is 36.6 Å². The van der Waals surface area contributed by atoms with E-state index in [9.17, 15) is 14.4 Å². The number of amides is 2. The zero-order valence-corrected chi connectivity index (χ0v) is 29.5. The third kappa shape index (κ3) is 7.48. The Labute approximate surface area is 304 Å². The van der Waals surface area contributed by atoms with Crippen molar-refractivity contribution in [2.45, 2.75) is 50.9 Å². The highest BCUT2D eigenvalue weighted by atomic mass is 35.5. The summed E-state index contributed by atoms with van der Waals surface area (Å²) in [6.07, 6.45) is 7.79. The lowest BCUT2D eigenvalue weighted by Gasteiger charge is -2.16. The van der Waals surface area contributed by atoms with Gasteiger partial charge in [0.15, 0.2) is 0 Å². The van der Waals surface area contributed by atoms with Gasteiger partial charge in [0.05, 0.1) is 22.8 Å². The van der Waals surface area contributed by atoms with Crippen LogP contribution in [0, 0.1) is 0 Å². The van der Waals surface area contributed by atoms with E-state index in [1.807, 2.05) is 54.6 Å². The Balaban J connectivity index is 1.10. The normalized spacial score (nSPS) is 17.2. The summed E-state index contributed by atoms with van der Waals surface area (Å²) in [6, 6.07) is 17.4. The zero-order valence-electron chi connectivity index (χ0n) is 28.0. The van der Waals surface area contributed by atoms with Gasteiger partial charge in [0.25, 0.3) is 5.56 Å². The molecule has 2 amide bonds. The monoisotopic (exact) mass is 725 g/mol. The maximum atomic E-state index is 13.3. The van der Waals surface area contributed by atoms with Crippen LogP contribution < -0.4 is 31.6 Å². The summed E-state index contributed by atoms with van der Waals surface area (Å²) >= 11 is 14.2. The van der Waals surface area contributed by atoms with Crippen LogP contribution in [0.3, 0.4) is 0 Å². The summed E-state index contributed by atoms with van der Waals surface area (Å²) in [5, 5.41) is 13.5. The first-order chi connectivity index (χ1) is 24.8. The van der Waals surface area contributed by atoms with E-state index in [1.54, 1.807) is 25.7 Å². The highest BCUT2D eigenvalue weighted by Crippen LogP contribution is 2.42. The zero-order chi connectivity index (χ0) is 35.5. The Hall–Kier alpha value is -4.81. The molecule has 2 aliphatic rings. The number of rotatable bonds is 12. The molecule has 2 aromatic carbocycles. The van der Waals surface area contributed by atoms with Crippen molar-refractivity contribution in [2.24, 2.45) is 0 Å². The quantitative estimate of drug-likeness (QED) is 0.139. The number of benzene rings is 2. The lowest BCUT2D eigenvalue weighted by Crippen LogP contribution is -2.36. The van der Waals surface area contributed by atoms with Crippen molar-refractivity contribution < 1.29 is 14.3 Å². The second-order valence-corrected chi connectivity index (χ2v) is 13.6. The molecule has 4 N–H and O–H groups in total. The van der Waals surface area contributed by atoms with Crippen LogP contribution in [0.25, 0.3) is 39.0 Å². The summed E-state index contributed by atoms with van der Waals surface area (Å²) in [7, 11) is 1.61. The van der Waals surface area contributed by atoms with Crippen molar-refractivity contribution in [1.82, 2.24) is 35.6 Å². The SMILES string of the molecule is COc1cc(-c2cccc(-c3cccc(-c4ccn5c(=O)c(CNCC6CCC(=O)N6)cnc5c4)c3Cl)c2Cl)cnc1CNCC1CCC(=O)N1. The van der Waals surface area contributed by atoms with E-state index >= 15 is 0 Å². The lowest BCUT2D eigenvalue weighted by atomic mass is 9.96. The average Bonchev–Trinajstić information content (AvgIpc) is 3.76. The molecule has 0 radical (unpaired) electrons. The first-order valence-electron chi connectivity index (χ1n) is 16.9. The Morgan fingerprint density at radius 2 is 1.39 bits per heavy atom. The number of hydrogen-bond acceptors (Lipinski definition) is 8. The molecule has 2 atom stereocenters. The molecule has 2 unspecified atom stereocenters. The van der Waals surface area contributed by atoms with Crippen LogP contribution in [-0.2, 0) is 22.7 Å². The van der Waals surface area contributed by atoms with Crippen molar-refractivity contribution in [3.05, 3.63) is 105 Å². The van der Waals surface area contributed by atoms with Gasteiger partial charge < -0.3 is 26.0 Å². The Bertz CT molecular complexity index is 2190. The van der Waals surface area contributed by atoms with E-state index in [0.29, 0.717) is 66.0 Å². The molecule has 2 fully saturated rings. The fourth-order valence-electron chi connectivity index (χ4n) is 6.66. The fourth-order valence-corrected chi connectivity index (χ4v) is 7.34. The Kier molecular flexibility index (Phi) is 10.3. The molecule has 7 rings (SSSR count). The molecule has 0 spiro atoms. The van der Waals surface area contributed by atoms with E-state index in [2.05, 4.69) is 31.2 Å². The third-order valence-corrected chi connectivity index (χ3v) is 10.2. The van der Waals surface area contributed by atoms with Gasteiger partial charge in [-0.2, -0.15) is 0 Å². The third-order valence-electron chi connectivity index (χ3n) is 9.40. The van der Waals surface area contributed by atoms with Crippen molar-refractivity contribution in [3.63, 3.8) is 0 Å². The van der Waals surface area contributed by atoms with Crippen LogP contribution in [0.1, 0.15) is 36.9 Å². The molecule has 5 aromatic rings. The van der Waals surface area contributed by atoms with Crippen LogP contribution in [0.2, 0.25) is 10.0 Å². The first-order valence-corrected chi connectivity index (χ1v) is 17.7. The fraction of sp³-hybridized carbons (Fsp3) is 0.289. The molecular weight excluding hydrogens is 689 g/mol. The highest BCUT2D eigenvalue weighted by Gasteiger charge is 2.22. The number of methoxy groups -OCH3 is 1. The maximum Gasteiger partial charge on any atom is 0.262 e. The largest absolute Gasteiger partial charge is 0.495 e. The van der Waals surface area contributed by atoms with Crippen molar-refractivity contribution in [1.29, 1.82) is 0 Å². The maximum absolute atomic E-state index is 13.3. The number of fused-ring (bicyclic) bond motifs is 1. The Morgan fingerprint density at radius 3 is 2.00 bits per heavy atom. The molecule has 0 bridgehead atoms. The van der Waals surface area contributed by atoms with Gasteiger partial charge in [-0.15, -0.1) is 0 Å². The van der Waals surface area contributed by atoms with E-state index in [4.69, 9.17) is 27.9 Å². The number of nitrogens with zero attached hydrogens (tertiary/aromatic N) is 3. The second kappa shape index (κ2) is 15.2. The minimum Gasteiger partial charge on any atom is -0.495 e. The highest BCUT2D eigenvalue weighted by molar-refractivity contribution is 6.39. The first kappa shape index (κ1) is 34.6. The predicted molar refractivity (Wildman–Crippen MR) is 198 cm³/mol. The topological polar surface area (TPSA) is 139 Å². The minimum absolute atomic E-state index is 0.0609. The molecule has 262 valence electrons. The van der Waals surface area contributed by atoms with Gasteiger partial charge in [-0.1, -0.05) is 59.6 Å². The van der Waals surface area contributed by atoms with Gasteiger partial charge in [0, 0.05) is 103 Å². The van der Waals surface area contributed by atoms with Gasteiger partial charge in [-0.25, -0.2) is 4.98 Å². The number of ether oxygens (including phenoxy) is 1. The Morgan fingerprint density at radius 1 is 0.784 bits per heavy atom. The van der Waals surface area contributed by atoms with E-state index < -0.39 is 0 Å². The summed E-state index contributed by atoms with van der Waals surface area (Å²) in [4.78, 5) is 45.5. The average molecular weight is 727 g/mol. The summed E-state index contributed by atoms with van der Waals surface area (Å²) < 4.78 is 7.21. The molecule has 13 heteroatoms. The second-order valence-electron chi connectivity index (χ2n) is 12.8. The van der Waals surface area contributed by atoms with Gasteiger partial charge >= 0.3 is 0 Å². The van der Waals surface area contributed by atoms with Crippen molar-refractivity contribution in [2.75, 3.05) is 20.2 Å². The molecule has 5 heterocycles. The van der Waals surface area contributed by atoms with Crippen LogP contribution in [0.5, 0.6) is 5.75 Å². The van der Waals surface area contributed by atoms with Gasteiger partial charge in [-0.3, -0.25) is 23.8 Å². The van der Waals surface area contributed by atoms with Crippen LogP contribution in [0.15, 0.2) is 78.0 Å². The van der Waals surface area contributed by atoms with Crippen LogP contribution in [0.4, 0.5) is 0 Å².